The Labute approximate surface area is 107 Å². The van der Waals surface area contributed by atoms with Gasteiger partial charge < -0.3 is 4.74 Å². The molecular formula is C13H15NO3S. The summed E-state index contributed by atoms with van der Waals surface area (Å²) in [4.78, 5) is 0.275. The van der Waals surface area contributed by atoms with Gasteiger partial charge in [-0.05, 0) is 30.7 Å². The molecule has 0 fully saturated rings. The molecule has 0 saturated heterocycles. The zero-order chi connectivity index (χ0) is 13.2. The van der Waals surface area contributed by atoms with Gasteiger partial charge in [0.1, 0.15) is 0 Å². The Morgan fingerprint density at radius 1 is 1.17 bits per heavy atom. The Morgan fingerprint density at radius 2 is 1.83 bits per heavy atom. The first-order chi connectivity index (χ1) is 8.55. The van der Waals surface area contributed by atoms with Gasteiger partial charge in [-0.1, -0.05) is 18.2 Å². The predicted molar refractivity (Wildman–Crippen MR) is 68.9 cm³/mol. The van der Waals surface area contributed by atoms with Crippen LogP contribution in [0.1, 0.15) is 18.6 Å². The Kier molecular flexibility index (Phi) is 3.54. The lowest BCUT2D eigenvalue weighted by atomic mass is 10.2. The van der Waals surface area contributed by atoms with Crippen LogP contribution < -0.4 is 0 Å². The number of hydrogen-bond acceptors (Lipinski definition) is 3. The molecule has 0 aliphatic carbocycles. The highest BCUT2D eigenvalue weighted by Gasteiger charge is 2.17. The molecule has 0 N–H and O–H groups in total. The number of benzene rings is 1. The minimum atomic E-state index is -3.50. The van der Waals surface area contributed by atoms with Gasteiger partial charge in [0.25, 0.3) is 10.0 Å². The van der Waals surface area contributed by atoms with E-state index in [2.05, 4.69) is 0 Å². The second kappa shape index (κ2) is 4.96. The third-order valence-corrected chi connectivity index (χ3v) is 4.48. The van der Waals surface area contributed by atoms with Crippen molar-refractivity contribution in [1.82, 2.24) is 3.97 Å². The van der Waals surface area contributed by atoms with Gasteiger partial charge in [-0.15, -0.1) is 0 Å². The maximum absolute atomic E-state index is 12.3. The number of rotatable bonds is 4. The van der Waals surface area contributed by atoms with Crippen LogP contribution in [0.5, 0.6) is 0 Å². The molecular weight excluding hydrogens is 250 g/mol. The van der Waals surface area contributed by atoms with Crippen LogP contribution in [-0.2, 0) is 14.8 Å². The highest BCUT2D eigenvalue weighted by molar-refractivity contribution is 7.90. The summed E-state index contributed by atoms with van der Waals surface area (Å²) >= 11 is 0. The smallest absolute Gasteiger partial charge is 0.267 e. The average molecular weight is 265 g/mol. The van der Waals surface area contributed by atoms with Crippen LogP contribution >= 0.6 is 0 Å². The van der Waals surface area contributed by atoms with E-state index >= 15 is 0 Å². The molecule has 0 amide bonds. The molecule has 1 atom stereocenters. The molecule has 1 aromatic heterocycles. The van der Waals surface area contributed by atoms with Gasteiger partial charge in [0, 0.05) is 19.5 Å². The number of aromatic nitrogens is 1. The first-order valence-corrected chi connectivity index (χ1v) is 7.01. The van der Waals surface area contributed by atoms with Gasteiger partial charge in [-0.3, -0.25) is 0 Å². The van der Waals surface area contributed by atoms with Gasteiger partial charge in [0.15, 0.2) is 0 Å². The third-order valence-electron chi connectivity index (χ3n) is 2.83. The van der Waals surface area contributed by atoms with Crippen molar-refractivity contribution in [2.75, 3.05) is 7.11 Å². The normalized spacial score (nSPS) is 13.4. The molecule has 0 bridgehead atoms. The summed E-state index contributed by atoms with van der Waals surface area (Å²) in [6, 6.07) is 10.1. The van der Waals surface area contributed by atoms with Gasteiger partial charge >= 0.3 is 0 Å². The standard InChI is InChI=1S/C13H15NO3S/c1-11(17-2)12-8-9-14(10-12)18(15,16)13-6-4-3-5-7-13/h3-11H,1-2H3. The van der Waals surface area contributed by atoms with E-state index in [4.69, 9.17) is 4.74 Å². The fourth-order valence-electron chi connectivity index (χ4n) is 1.63. The van der Waals surface area contributed by atoms with Crippen molar-refractivity contribution in [3.05, 3.63) is 54.4 Å². The summed E-state index contributed by atoms with van der Waals surface area (Å²) in [6.45, 7) is 1.87. The lowest BCUT2D eigenvalue weighted by Gasteiger charge is -2.07. The van der Waals surface area contributed by atoms with E-state index in [-0.39, 0.29) is 11.0 Å². The van der Waals surface area contributed by atoms with E-state index in [0.29, 0.717) is 0 Å². The molecule has 0 saturated carbocycles. The molecule has 0 aliphatic rings. The van der Waals surface area contributed by atoms with Crippen molar-refractivity contribution in [2.45, 2.75) is 17.9 Å². The minimum Gasteiger partial charge on any atom is -0.377 e. The molecule has 18 heavy (non-hydrogen) atoms. The fraction of sp³-hybridized carbons (Fsp3) is 0.231. The van der Waals surface area contributed by atoms with Crippen LogP contribution in [0, 0.1) is 0 Å². The maximum Gasteiger partial charge on any atom is 0.267 e. The molecule has 0 spiro atoms. The van der Waals surface area contributed by atoms with E-state index in [1.807, 2.05) is 6.92 Å². The second-order valence-electron chi connectivity index (χ2n) is 3.97. The number of methoxy groups -OCH3 is 1. The van der Waals surface area contributed by atoms with Crippen molar-refractivity contribution in [1.29, 1.82) is 0 Å². The number of ether oxygens (including phenoxy) is 1. The SMILES string of the molecule is COC(C)c1ccn(S(=O)(=O)c2ccccc2)c1. The Hall–Kier alpha value is -1.59. The fourth-order valence-corrected chi connectivity index (χ4v) is 2.86. The average Bonchev–Trinajstić information content (AvgIpc) is 2.89. The molecule has 2 rings (SSSR count). The Bertz CT molecular complexity index is 617. The molecule has 5 heteroatoms. The Balaban J connectivity index is 2.40. The molecule has 2 aromatic rings. The van der Waals surface area contributed by atoms with Crippen LogP contribution in [-0.4, -0.2) is 19.5 Å². The molecule has 4 nitrogen and oxygen atoms in total. The zero-order valence-corrected chi connectivity index (χ0v) is 11.1. The Morgan fingerprint density at radius 3 is 2.44 bits per heavy atom. The zero-order valence-electron chi connectivity index (χ0n) is 10.3. The van der Waals surface area contributed by atoms with E-state index in [1.54, 1.807) is 49.7 Å². The highest BCUT2D eigenvalue weighted by atomic mass is 32.2. The molecule has 96 valence electrons. The van der Waals surface area contributed by atoms with Crippen molar-refractivity contribution in [3.63, 3.8) is 0 Å². The summed E-state index contributed by atoms with van der Waals surface area (Å²) in [7, 11) is -1.91. The summed E-state index contributed by atoms with van der Waals surface area (Å²) in [5, 5.41) is 0. The van der Waals surface area contributed by atoms with Crippen LogP contribution in [0.2, 0.25) is 0 Å². The van der Waals surface area contributed by atoms with E-state index in [0.717, 1.165) is 5.56 Å². The van der Waals surface area contributed by atoms with Crippen LogP contribution in [0.3, 0.4) is 0 Å². The maximum atomic E-state index is 12.3. The molecule has 0 aliphatic heterocycles. The summed E-state index contributed by atoms with van der Waals surface area (Å²) < 4.78 is 30.9. The topological polar surface area (TPSA) is 48.3 Å². The van der Waals surface area contributed by atoms with Crippen LogP contribution in [0.25, 0.3) is 0 Å². The van der Waals surface area contributed by atoms with E-state index in [9.17, 15) is 8.42 Å². The lowest BCUT2D eigenvalue weighted by Crippen LogP contribution is -2.10. The monoisotopic (exact) mass is 265 g/mol. The largest absolute Gasteiger partial charge is 0.377 e. The van der Waals surface area contributed by atoms with E-state index in [1.165, 1.54) is 10.2 Å². The quantitative estimate of drug-likeness (QED) is 0.853. The first-order valence-electron chi connectivity index (χ1n) is 5.57. The summed E-state index contributed by atoms with van der Waals surface area (Å²) in [5.41, 5.74) is 0.831. The van der Waals surface area contributed by atoms with Crippen molar-refractivity contribution < 1.29 is 13.2 Å². The molecule has 0 radical (unpaired) electrons. The van der Waals surface area contributed by atoms with Crippen molar-refractivity contribution in [2.24, 2.45) is 0 Å². The first kappa shape index (κ1) is 12.9. The number of hydrogen-bond donors (Lipinski definition) is 0. The van der Waals surface area contributed by atoms with Crippen molar-refractivity contribution in [3.8, 4) is 0 Å². The lowest BCUT2D eigenvalue weighted by molar-refractivity contribution is 0.119. The minimum absolute atomic E-state index is 0.128. The summed E-state index contributed by atoms with van der Waals surface area (Å²) in [6.07, 6.45) is 2.99. The van der Waals surface area contributed by atoms with Gasteiger partial charge in [0.2, 0.25) is 0 Å². The predicted octanol–water partition coefficient (Wildman–Crippen LogP) is 2.43. The number of nitrogens with zero attached hydrogens (tertiary/aromatic N) is 1. The highest BCUT2D eigenvalue weighted by Crippen LogP contribution is 2.19. The van der Waals surface area contributed by atoms with E-state index < -0.39 is 10.0 Å². The molecule has 1 unspecified atom stereocenters. The van der Waals surface area contributed by atoms with Crippen molar-refractivity contribution >= 4 is 10.0 Å². The second-order valence-corrected chi connectivity index (χ2v) is 5.81. The van der Waals surface area contributed by atoms with Crippen LogP contribution in [0.15, 0.2) is 53.7 Å². The van der Waals surface area contributed by atoms with Gasteiger partial charge in [-0.2, -0.15) is 0 Å². The third kappa shape index (κ3) is 2.32. The molecule has 1 heterocycles. The summed E-state index contributed by atoms with van der Waals surface area (Å²) in [5.74, 6) is 0. The van der Waals surface area contributed by atoms with Gasteiger partial charge in [-0.25, -0.2) is 12.4 Å². The van der Waals surface area contributed by atoms with Gasteiger partial charge in [0.05, 0.1) is 11.0 Å². The molecule has 1 aromatic carbocycles. The van der Waals surface area contributed by atoms with Crippen LogP contribution in [0.4, 0.5) is 0 Å².